The molecule has 0 saturated carbocycles. The van der Waals surface area contributed by atoms with Crippen LogP contribution in [0, 0.1) is 5.92 Å². The highest BCUT2D eigenvalue weighted by Crippen LogP contribution is 2.26. The normalized spacial score (nSPS) is 12.6. The minimum atomic E-state index is -3.90. The summed E-state index contributed by atoms with van der Waals surface area (Å²) in [4.78, 5) is 12.2. The maximum atomic E-state index is 12.5. The molecular weight excluding hydrogens is 423 g/mol. The summed E-state index contributed by atoms with van der Waals surface area (Å²) >= 11 is 11.7. The van der Waals surface area contributed by atoms with E-state index in [1.165, 1.54) is 30.3 Å². The molecule has 152 valence electrons. The van der Waals surface area contributed by atoms with Crippen LogP contribution in [0.1, 0.15) is 30.6 Å². The van der Waals surface area contributed by atoms with Gasteiger partial charge in [0.25, 0.3) is 15.9 Å². The van der Waals surface area contributed by atoms with E-state index in [9.17, 15) is 18.3 Å². The number of sulfonamides is 1. The minimum absolute atomic E-state index is 0.0476. The Labute approximate surface area is 174 Å². The Morgan fingerprint density at radius 2 is 1.82 bits per heavy atom. The van der Waals surface area contributed by atoms with Crippen molar-refractivity contribution in [3.05, 3.63) is 58.1 Å². The van der Waals surface area contributed by atoms with E-state index in [0.717, 1.165) is 0 Å². The van der Waals surface area contributed by atoms with Gasteiger partial charge in [-0.05, 0) is 48.7 Å². The van der Waals surface area contributed by atoms with Crippen LogP contribution in [-0.2, 0) is 10.0 Å². The van der Waals surface area contributed by atoms with Crippen molar-refractivity contribution in [1.29, 1.82) is 0 Å². The molecule has 9 heteroatoms. The zero-order chi connectivity index (χ0) is 20.9. The van der Waals surface area contributed by atoms with Crippen LogP contribution in [0.3, 0.4) is 0 Å². The summed E-state index contributed by atoms with van der Waals surface area (Å²) in [6, 6.07) is 10.0. The van der Waals surface area contributed by atoms with Gasteiger partial charge in [0.1, 0.15) is 0 Å². The molecule has 0 heterocycles. The summed E-state index contributed by atoms with van der Waals surface area (Å²) in [5.41, 5.74) is 0.493. The molecule has 0 saturated heterocycles. The van der Waals surface area contributed by atoms with Crippen LogP contribution in [0.15, 0.2) is 47.4 Å². The topological polar surface area (TPSA) is 95.5 Å². The molecule has 3 N–H and O–H groups in total. The summed E-state index contributed by atoms with van der Waals surface area (Å²) in [5.74, 6) is -0.0931. The smallest absolute Gasteiger partial charge is 0.261 e. The number of aliphatic hydroxyl groups excluding tert-OH is 1. The van der Waals surface area contributed by atoms with E-state index >= 15 is 0 Å². The third-order valence-corrected chi connectivity index (χ3v) is 5.94. The zero-order valence-corrected chi connectivity index (χ0v) is 17.8. The van der Waals surface area contributed by atoms with Crippen LogP contribution in [0.2, 0.25) is 10.0 Å². The maximum Gasteiger partial charge on any atom is 0.261 e. The molecule has 0 aliphatic rings. The lowest BCUT2D eigenvalue weighted by atomic mass is 10.1. The van der Waals surface area contributed by atoms with E-state index in [1.807, 2.05) is 13.8 Å². The molecular formula is C19H22Cl2N2O4S. The maximum absolute atomic E-state index is 12.5. The third-order valence-electron chi connectivity index (χ3n) is 3.82. The number of carbonyl (C=O) groups excluding carboxylic acids is 1. The van der Waals surface area contributed by atoms with Gasteiger partial charge in [-0.1, -0.05) is 43.1 Å². The number of benzene rings is 2. The average molecular weight is 445 g/mol. The largest absolute Gasteiger partial charge is 0.391 e. The quantitative estimate of drug-likeness (QED) is 0.574. The highest BCUT2D eigenvalue weighted by molar-refractivity contribution is 7.92. The molecule has 0 aliphatic carbocycles. The van der Waals surface area contributed by atoms with Gasteiger partial charge < -0.3 is 10.4 Å². The third kappa shape index (κ3) is 6.38. The van der Waals surface area contributed by atoms with E-state index in [1.54, 1.807) is 12.1 Å². The van der Waals surface area contributed by atoms with Crippen molar-refractivity contribution >= 4 is 44.8 Å². The van der Waals surface area contributed by atoms with Gasteiger partial charge in [-0.2, -0.15) is 0 Å². The summed E-state index contributed by atoms with van der Waals surface area (Å²) in [6.07, 6.45) is -0.0654. The van der Waals surface area contributed by atoms with E-state index in [4.69, 9.17) is 23.2 Å². The highest BCUT2D eigenvalue weighted by Gasteiger charge is 2.17. The lowest BCUT2D eigenvalue weighted by molar-refractivity contribution is 0.0900. The van der Waals surface area contributed by atoms with Crippen molar-refractivity contribution in [2.24, 2.45) is 5.92 Å². The fraction of sp³-hybridized carbons (Fsp3) is 0.316. The second-order valence-corrected chi connectivity index (χ2v) is 9.25. The number of carbonyl (C=O) groups is 1. The Kier molecular flexibility index (Phi) is 7.71. The number of hydrogen-bond acceptors (Lipinski definition) is 4. The summed E-state index contributed by atoms with van der Waals surface area (Å²) in [5, 5.41) is 12.9. The Hall–Kier alpha value is -1.80. The van der Waals surface area contributed by atoms with Crippen molar-refractivity contribution in [2.75, 3.05) is 11.3 Å². The average Bonchev–Trinajstić information content (AvgIpc) is 2.61. The van der Waals surface area contributed by atoms with Gasteiger partial charge in [0.2, 0.25) is 0 Å². The molecule has 0 unspecified atom stereocenters. The van der Waals surface area contributed by atoms with Gasteiger partial charge in [0, 0.05) is 17.8 Å². The fourth-order valence-corrected chi connectivity index (χ4v) is 3.96. The predicted octanol–water partition coefficient (Wildman–Crippen LogP) is 3.93. The monoisotopic (exact) mass is 444 g/mol. The van der Waals surface area contributed by atoms with Crippen molar-refractivity contribution in [2.45, 2.75) is 31.3 Å². The lowest BCUT2D eigenvalue weighted by Gasteiger charge is -2.14. The zero-order valence-electron chi connectivity index (χ0n) is 15.4. The van der Waals surface area contributed by atoms with Crippen molar-refractivity contribution in [3.63, 3.8) is 0 Å². The van der Waals surface area contributed by atoms with Gasteiger partial charge in [-0.15, -0.1) is 0 Å². The van der Waals surface area contributed by atoms with Crippen LogP contribution in [0.5, 0.6) is 0 Å². The van der Waals surface area contributed by atoms with Crippen molar-refractivity contribution in [3.8, 4) is 0 Å². The van der Waals surface area contributed by atoms with Gasteiger partial charge >= 0.3 is 0 Å². The number of hydrogen-bond donors (Lipinski definition) is 3. The van der Waals surface area contributed by atoms with Crippen LogP contribution in [0.4, 0.5) is 5.69 Å². The molecule has 28 heavy (non-hydrogen) atoms. The molecule has 2 rings (SSSR count). The summed E-state index contributed by atoms with van der Waals surface area (Å²) in [7, 11) is -3.90. The second-order valence-electron chi connectivity index (χ2n) is 6.76. The molecule has 2 aromatic rings. The Morgan fingerprint density at radius 1 is 1.11 bits per heavy atom. The molecule has 2 aromatic carbocycles. The first-order valence-corrected chi connectivity index (χ1v) is 10.9. The van der Waals surface area contributed by atoms with Crippen LogP contribution < -0.4 is 10.0 Å². The van der Waals surface area contributed by atoms with Gasteiger partial charge in [-0.3, -0.25) is 9.52 Å². The Balaban J connectivity index is 2.09. The first-order chi connectivity index (χ1) is 13.1. The van der Waals surface area contributed by atoms with Gasteiger partial charge in [0.15, 0.2) is 0 Å². The molecule has 1 atom stereocenters. The van der Waals surface area contributed by atoms with E-state index in [-0.39, 0.29) is 32.7 Å². The second kappa shape index (κ2) is 9.60. The number of amides is 1. The highest BCUT2D eigenvalue weighted by atomic mass is 35.5. The molecule has 1 amide bonds. The first-order valence-electron chi connectivity index (χ1n) is 8.62. The number of halogens is 2. The van der Waals surface area contributed by atoms with Crippen LogP contribution >= 0.6 is 23.2 Å². The van der Waals surface area contributed by atoms with E-state index in [0.29, 0.717) is 12.3 Å². The molecule has 0 spiro atoms. The minimum Gasteiger partial charge on any atom is -0.391 e. The van der Waals surface area contributed by atoms with Crippen LogP contribution in [-0.4, -0.2) is 32.1 Å². The number of anilines is 1. The molecule has 0 radical (unpaired) electrons. The van der Waals surface area contributed by atoms with E-state index in [2.05, 4.69) is 10.0 Å². The summed E-state index contributed by atoms with van der Waals surface area (Å²) in [6.45, 7) is 4.08. The van der Waals surface area contributed by atoms with E-state index < -0.39 is 22.0 Å². The number of rotatable bonds is 8. The number of nitrogens with one attached hydrogen (secondary N) is 2. The van der Waals surface area contributed by atoms with Crippen LogP contribution in [0.25, 0.3) is 0 Å². The fourth-order valence-electron chi connectivity index (χ4n) is 2.52. The molecule has 0 aromatic heterocycles. The molecule has 6 nitrogen and oxygen atoms in total. The Morgan fingerprint density at radius 3 is 2.46 bits per heavy atom. The molecule has 0 bridgehead atoms. The SMILES string of the molecule is CC(C)C[C@@H](O)CNC(=O)c1cccc(NS(=O)(=O)c2ccc(Cl)c(Cl)c2)c1. The predicted molar refractivity (Wildman–Crippen MR) is 112 cm³/mol. The lowest BCUT2D eigenvalue weighted by Crippen LogP contribution is -2.32. The molecule has 0 fully saturated rings. The van der Waals surface area contributed by atoms with Crippen molar-refractivity contribution < 1.29 is 18.3 Å². The summed E-state index contributed by atoms with van der Waals surface area (Å²) < 4.78 is 27.4. The molecule has 0 aliphatic heterocycles. The Bertz CT molecular complexity index is 949. The number of aliphatic hydroxyl groups is 1. The van der Waals surface area contributed by atoms with Crippen molar-refractivity contribution in [1.82, 2.24) is 5.32 Å². The standard InChI is InChI=1S/C19H22Cl2N2O4S/c1-12(2)8-15(24)11-22-19(25)13-4-3-5-14(9-13)23-28(26,27)16-6-7-17(20)18(21)10-16/h3-7,9-10,12,15,23-24H,8,11H2,1-2H3,(H,22,25)/t15-/m1/s1. The van der Waals surface area contributed by atoms with Gasteiger partial charge in [0.05, 0.1) is 21.0 Å². The first kappa shape index (κ1) is 22.5. The van der Waals surface area contributed by atoms with Gasteiger partial charge in [-0.25, -0.2) is 8.42 Å².